The first kappa shape index (κ1) is 18.5. The lowest BCUT2D eigenvalue weighted by Crippen LogP contribution is -2.33. The summed E-state index contributed by atoms with van der Waals surface area (Å²) < 4.78 is 7.65. The van der Waals surface area contributed by atoms with E-state index in [0.29, 0.717) is 29.8 Å². The van der Waals surface area contributed by atoms with Crippen LogP contribution in [-0.4, -0.2) is 18.2 Å². The second-order valence-corrected chi connectivity index (χ2v) is 6.27. The third kappa shape index (κ3) is 4.47. The van der Waals surface area contributed by atoms with E-state index in [1.54, 1.807) is 13.0 Å². The van der Waals surface area contributed by atoms with Crippen LogP contribution in [0.1, 0.15) is 45.7 Å². The maximum absolute atomic E-state index is 12.5. The van der Waals surface area contributed by atoms with E-state index >= 15 is 0 Å². The number of rotatable bonds is 7. The van der Waals surface area contributed by atoms with Gasteiger partial charge in [-0.1, -0.05) is 30.3 Å². The summed E-state index contributed by atoms with van der Waals surface area (Å²) in [4.78, 5) is 24.2. The number of aromatic nitrogens is 1. The van der Waals surface area contributed by atoms with Crippen molar-refractivity contribution < 1.29 is 18.9 Å². The number of carbonyl (C=O) groups excluding carboxylic acids is 2. The lowest BCUT2D eigenvalue weighted by molar-refractivity contribution is -0.688. The van der Waals surface area contributed by atoms with Crippen molar-refractivity contribution in [2.45, 2.75) is 20.4 Å². The summed E-state index contributed by atoms with van der Waals surface area (Å²) in [5.41, 5.74) is 2.89. The fourth-order valence-corrected chi connectivity index (χ4v) is 2.89. The number of carbonyl (C=O) groups is 2. The second-order valence-electron chi connectivity index (χ2n) is 6.27. The van der Waals surface area contributed by atoms with E-state index in [9.17, 15) is 9.59 Å². The number of hydrogen-bond acceptors (Lipinski definition) is 3. The maximum atomic E-state index is 12.5. The van der Waals surface area contributed by atoms with Crippen LogP contribution < -0.4 is 9.30 Å². The van der Waals surface area contributed by atoms with Crippen LogP contribution in [0.15, 0.2) is 73.1 Å². The Morgan fingerprint density at radius 3 is 2.19 bits per heavy atom. The molecule has 3 rings (SSSR count). The summed E-state index contributed by atoms with van der Waals surface area (Å²) in [6, 6.07) is 18.3. The number of Topliss-reactive ketones (excluding diaryl/α,β-unsaturated/α-hetero) is 1. The SMILES string of the molecule is CCOc1ccc(C(C)=O)cc1C[n+]1ccc(C(=O)c2ccccc2)cc1. The quantitative estimate of drug-likeness (QED) is 0.475. The predicted molar refractivity (Wildman–Crippen MR) is 103 cm³/mol. The first-order valence-corrected chi connectivity index (χ1v) is 8.94. The van der Waals surface area contributed by atoms with E-state index in [4.69, 9.17) is 4.74 Å². The van der Waals surface area contributed by atoms with Gasteiger partial charge >= 0.3 is 0 Å². The number of pyridine rings is 1. The molecule has 3 aromatic rings. The first-order chi connectivity index (χ1) is 13.1. The fourth-order valence-electron chi connectivity index (χ4n) is 2.89. The Labute approximate surface area is 159 Å². The van der Waals surface area contributed by atoms with Gasteiger partial charge in [0.15, 0.2) is 30.5 Å². The van der Waals surface area contributed by atoms with Gasteiger partial charge in [-0.15, -0.1) is 0 Å². The zero-order valence-electron chi connectivity index (χ0n) is 15.5. The predicted octanol–water partition coefficient (Wildman–Crippen LogP) is 3.85. The Morgan fingerprint density at radius 1 is 0.889 bits per heavy atom. The Hall–Kier alpha value is -3.27. The summed E-state index contributed by atoms with van der Waals surface area (Å²) in [5.74, 6) is 0.781. The molecule has 1 heterocycles. The van der Waals surface area contributed by atoms with Crippen LogP contribution in [-0.2, 0) is 6.54 Å². The normalized spacial score (nSPS) is 10.4. The van der Waals surface area contributed by atoms with E-state index in [1.165, 1.54) is 0 Å². The molecule has 0 bridgehead atoms. The minimum absolute atomic E-state index is 0.00340. The van der Waals surface area contributed by atoms with Gasteiger partial charge < -0.3 is 4.74 Å². The van der Waals surface area contributed by atoms with Gasteiger partial charge in [0.25, 0.3) is 0 Å². The largest absolute Gasteiger partial charge is 0.493 e. The Balaban J connectivity index is 1.83. The minimum atomic E-state index is -0.00340. The summed E-state index contributed by atoms with van der Waals surface area (Å²) in [7, 11) is 0. The van der Waals surface area contributed by atoms with Crippen molar-refractivity contribution in [2.24, 2.45) is 0 Å². The molecule has 0 aliphatic carbocycles. The summed E-state index contributed by atoms with van der Waals surface area (Å²) in [6.45, 7) is 4.59. The molecular weight excluding hydrogens is 338 g/mol. The highest BCUT2D eigenvalue weighted by molar-refractivity contribution is 6.08. The number of hydrogen-bond donors (Lipinski definition) is 0. The molecule has 136 valence electrons. The monoisotopic (exact) mass is 360 g/mol. The smallest absolute Gasteiger partial charge is 0.193 e. The topological polar surface area (TPSA) is 47.2 Å². The lowest BCUT2D eigenvalue weighted by atomic mass is 10.0. The molecule has 0 fully saturated rings. The number of benzene rings is 2. The van der Waals surface area contributed by atoms with Gasteiger partial charge in [0.2, 0.25) is 0 Å². The van der Waals surface area contributed by atoms with E-state index in [1.807, 2.05) is 78.5 Å². The van der Waals surface area contributed by atoms with Gasteiger partial charge in [0.1, 0.15) is 5.75 Å². The van der Waals surface area contributed by atoms with Crippen molar-refractivity contribution in [1.29, 1.82) is 0 Å². The van der Waals surface area contributed by atoms with E-state index in [0.717, 1.165) is 11.3 Å². The van der Waals surface area contributed by atoms with Crippen LogP contribution in [0, 0.1) is 0 Å². The summed E-state index contributed by atoms with van der Waals surface area (Å²) >= 11 is 0. The van der Waals surface area contributed by atoms with Crippen LogP contribution >= 0.6 is 0 Å². The number of ether oxygens (including phenoxy) is 1. The molecule has 0 aliphatic rings. The Morgan fingerprint density at radius 2 is 1.56 bits per heavy atom. The minimum Gasteiger partial charge on any atom is -0.493 e. The highest BCUT2D eigenvalue weighted by atomic mass is 16.5. The second kappa shape index (κ2) is 8.41. The van der Waals surface area contributed by atoms with Crippen molar-refractivity contribution in [1.82, 2.24) is 0 Å². The molecule has 0 unspecified atom stereocenters. The molecule has 0 N–H and O–H groups in total. The molecule has 0 atom stereocenters. The van der Waals surface area contributed by atoms with E-state index in [2.05, 4.69) is 0 Å². The first-order valence-electron chi connectivity index (χ1n) is 8.94. The van der Waals surface area contributed by atoms with Gasteiger partial charge in [0.05, 0.1) is 12.2 Å². The zero-order chi connectivity index (χ0) is 19.2. The highest BCUT2D eigenvalue weighted by Crippen LogP contribution is 2.20. The summed E-state index contributed by atoms with van der Waals surface area (Å²) in [5, 5.41) is 0. The van der Waals surface area contributed by atoms with E-state index < -0.39 is 0 Å². The highest BCUT2D eigenvalue weighted by Gasteiger charge is 2.14. The molecule has 4 heteroatoms. The molecule has 0 saturated heterocycles. The molecule has 0 spiro atoms. The van der Waals surface area contributed by atoms with Crippen LogP contribution in [0.25, 0.3) is 0 Å². The molecule has 1 aromatic heterocycles. The van der Waals surface area contributed by atoms with Gasteiger partial charge in [-0.25, -0.2) is 4.57 Å². The summed E-state index contributed by atoms with van der Waals surface area (Å²) in [6.07, 6.45) is 3.73. The molecule has 0 aliphatic heterocycles. The van der Waals surface area contributed by atoms with Gasteiger partial charge in [-0.2, -0.15) is 0 Å². The van der Waals surface area contributed by atoms with Gasteiger partial charge in [-0.05, 0) is 32.0 Å². The van der Waals surface area contributed by atoms with Crippen molar-refractivity contribution in [3.8, 4) is 5.75 Å². The van der Waals surface area contributed by atoms with Crippen LogP contribution in [0.4, 0.5) is 0 Å². The van der Waals surface area contributed by atoms with Crippen molar-refractivity contribution in [2.75, 3.05) is 6.61 Å². The fraction of sp³-hybridized carbons (Fsp3) is 0.174. The third-order valence-corrected chi connectivity index (χ3v) is 4.31. The molecule has 0 radical (unpaired) electrons. The molecule has 4 nitrogen and oxygen atoms in total. The van der Waals surface area contributed by atoms with Crippen molar-refractivity contribution in [3.05, 3.63) is 95.3 Å². The van der Waals surface area contributed by atoms with Crippen molar-refractivity contribution >= 4 is 11.6 Å². The van der Waals surface area contributed by atoms with Crippen LogP contribution in [0.5, 0.6) is 5.75 Å². The average Bonchev–Trinajstić information content (AvgIpc) is 2.70. The van der Waals surface area contributed by atoms with E-state index in [-0.39, 0.29) is 11.6 Å². The van der Waals surface area contributed by atoms with Crippen molar-refractivity contribution in [3.63, 3.8) is 0 Å². The lowest BCUT2D eigenvalue weighted by Gasteiger charge is -2.09. The Bertz CT molecular complexity index is 947. The van der Waals surface area contributed by atoms with Gasteiger partial charge in [-0.3, -0.25) is 9.59 Å². The average molecular weight is 360 g/mol. The molecule has 0 amide bonds. The number of nitrogens with zero attached hydrogens (tertiary/aromatic N) is 1. The van der Waals surface area contributed by atoms with Crippen LogP contribution in [0.3, 0.4) is 0 Å². The molecule has 27 heavy (non-hydrogen) atoms. The Kier molecular flexibility index (Phi) is 5.77. The van der Waals surface area contributed by atoms with Gasteiger partial charge in [0, 0.05) is 28.8 Å². The maximum Gasteiger partial charge on any atom is 0.193 e. The number of ketones is 2. The third-order valence-electron chi connectivity index (χ3n) is 4.31. The standard InChI is InChI=1S/C23H22NO3/c1-3-27-22-10-9-20(17(2)25)15-21(22)16-24-13-11-19(12-14-24)23(26)18-7-5-4-6-8-18/h4-15H,3,16H2,1-2H3/q+1. The molecule has 0 saturated carbocycles. The zero-order valence-corrected chi connectivity index (χ0v) is 15.5. The molecular formula is C23H22NO3+. The molecule has 2 aromatic carbocycles. The van der Waals surface area contributed by atoms with Crippen LogP contribution in [0.2, 0.25) is 0 Å².